The standard InChI is InChI=1S/C11H17N3O/c1-8-5-13-7-11(2,15-8)10-4-3-9(12)6-14-10/h3-4,6,8,13H,5,7,12H2,1-2H3. The molecule has 0 aromatic carbocycles. The highest BCUT2D eigenvalue weighted by molar-refractivity contribution is 5.35. The number of morpholine rings is 1. The average Bonchev–Trinajstić information content (AvgIpc) is 2.18. The summed E-state index contributed by atoms with van der Waals surface area (Å²) in [6.45, 7) is 5.79. The highest BCUT2D eigenvalue weighted by atomic mass is 16.5. The molecule has 2 heterocycles. The zero-order valence-electron chi connectivity index (χ0n) is 9.16. The molecule has 0 spiro atoms. The quantitative estimate of drug-likeness (QED) is 0.718. The van der Waals surface area contributed by atoms with E-state index in [0.717, 1.165) is 18.8 Å². The van der Waals surface area contributed by atoms with E-state index in [1.165, 1.54) is 0 Å². The lowest BCUT2D eigenvalue weighted by Gasteiger charge is -2.37. The molecule has 1 aromatic heterocycles. The van der Waals surface area contributed by atoms with E-state index in [4.69, 9.17) is 10.5 Å². The molecule has 1 saturated heterocycles. The van der Waals surface area contributed by atoms with E-state index >= 15 is 0 Å². The number of hydrogen-bond acceptors (Lipinski definition) is 4. The Hall–Kier alpha value is -1.13. The molecule has 1 aromatic rings. The Bertz CT molecular complexity index is 338. The van der Waals surface area contributed by atoms with Crippen molar-refractivity contribution in [3.63, 3.8) is 0 Å². The van der Waals surface area contributed by atoms with Gasteiger partial charge in [-0.25, -0.2) is 0 Å². The second kappa shape index (κ2) is 3.79. The minimum Gasteiger partial charge on any atom is -0.397 e. The van der Waals surface area contributed by atoms with Crippen LogP contribution in [0.5, 0.6) is 0 Å². The lowest BCUT2D eigenvalue weighted by molar-refractivity contribution is -0.105. The van der Waals surface area contributed by atoms with Gasteiger partial charge >= 0.3 is 0 Å². The van der Waals surface area contributed by atoms with Gasteiger partial charge in [0, 0.05) is 13.1 Å². The topological polar surface area (TPSA) is 60.2 Å². The van der Waals surface area contributed by atoms with E-state index in [9.17, 15) is 0 Å². The fourth-order valence-corrected chi connectivity index (χ4v) is 1.91. The molecular formula is C11H17N3O. The molecule has 0 saturated carbocycles. The molecular weight excluding hydrogens is 190 g/mol. The summed E-state index contributed by atoms with van der Waals surface area (Å²) in [7, 11) is 0. The first-order valence-electron chi connectivity index (χ1n) is 5.21. The molecule has 1 fully saturated rings. The zero-order chi connectivity index (χ0) is 10.9. The number of anilines is 1. The van der Waals surface area contributed by atoms with Crippen LogP contribution >= 0.6 is 0 Å². The molecule has 1 aliphatic rings. The second-order valence-corrected chi connectivity index (χ2v) is 4.27. The van der Waals surface area contributed by atoms with Gasteiger partial charge in [-0.3, -0.25) is 4.98 Å². The van der Waals surface area contributed by atoms with Gasteiger partial charge in [0.1, 0.15) is 5.60 Å². The summed E-state index contributed by atoms with van der Waals surface area (Å²) in [6.07, 6.45) is 1.88. The van der Waals surface area contributed by atoms with Crippen LogP contribution in [0.1, 0.15) is 19.5 Å². The Balaban J connectivity index is 2.24. The predicted molar refractivity (Wildman–Crippen MR) is 59.4 cm³/mol. The smallest absolute Gasteiger partial charge is 0.120 e. The number of ether oxygens (including phenoxy) is 1. The van der Waals surface area contributed by atoms with E-state index in [2.05, 4.69) is 17.2 Å². The Morgan fingerprint density at radius 3 is 3.00 bits per heavy atom. The van der Waals surface area contributed by atoms with Gasteiger partial charge in [-0.1, -0.05) is 0 Å². The third kappa shape index (κ3) is 2.11. The largest absolute Gasteiger partial charge is 0.397 e. The maximum absolute atomic E-state index is 5.93. The van der Waals surface area contributed by atoms with Gasteiger partial charge in [-0.05, 0) is 26.0 Å². The molecule has 2 rings (SSSR count). The summed E-state index contributed by atoms with van der Waals surface area (Å²) < 4.78 is 5.93. The molecule has 0 amide bonds. The number of nitrogens with two attached hydrogens (primary N) is 1. The summed E-state index contributed by atoms with van der Waals surface area (Å²) in [5.41, 5.74) is 6.87. The number of nitrogens with zero attached hydrogens (tertiary/aromatic N) is 1. The minimum absolute atomic E-state index is 0.211. The molecule has 4 heteroatoms. The molecule has 3 N–H and O–H groups in total. The fourth-order valence-electron chi connectivity index (χ4n) is 1.91. The first kappa shape index (κ1) is 10.4. The number of pyridine rings is 1. The zero-order valence-corrected chi connectivity index (χ0v) is 9.16. The normalized spacial score (nSPS) is 31.5. The number of aromatic nitrogens is 1. The molecule has 2 unspecified atom stereocenters. The van der Waals surface area contributed by atoms with Gasteiger partial charge in [0.05, 0.1) is 23.7 Å². The first-order chi connectivity index (χ1) is 7.10. The SMILES string of the molecule is CC1CNCC(C)(c2ccc(N)cn2)O1. The summed E-state index contributed by atoms with van der Waals surface area (Å²) in [6, 6.07) is 3.78. The van der Waals surface area contributed by atoms with Crippen molar-refractivity contribution in [3.8, 4) is 0 Å². The van der Waals surface area contributed by atoms with Crippen molar-refractivity contribution in [1.82, 2.24) is 10.3 Å². The van der Waals surface area contributed by atoms with Crippen LogP contribution < -0.4 is 11.1 Å². The monoisotopic (exact) mass is 207 g/mol. The number of hydrogen-bond donors (Lipinski definition) is 2. The molecule has 82 valence electrons. The summed E-state index contributed by atoms with van der Waals surface area (Å²) in [4.78, 5) is 4.32. The maximum atomic E-state index is 5.93. The van der Waals surface area contributed by atoms with Crippen molar-refractivity contribution in [1.29, 1.82) is 0 Å². The summed E-state index contributed by atoms with van der Waals surface area (Å²) >= 11 is 0. The maximum Gasteiger partial charge on any atom is 0.120 e. The fraction of sp³-hybridized carbons (Fsp3) is 0.545. The van der Waals surface area contributed by atoms with E-state index < -0.39 is 0 Å². The molecule has 0 bridgehead atoms. The third-order valence-corrected chi connectivity index (χ3v) is 2.68. The lowest BCUT2D eigenvalue weighted by Crippen LogP contribution is -2.49. The Labute approximate surface area is 89.8 Å². The Kier molecular flexibility index (Phi) is 2.63. The van der Waals surface area contributed by atoms with Crippen molar-refractivity contribution < 1.29 is 4.74 Å². The van der Waals surface area contributed by atoms with E-state index in [0.29, 0.717) is 5.69 Å². The van der Waals surface area contributed by atoms with Crippen LogP contribution in [0.15, 0.2) is 18.3 Å². The predicted octanol–water partition coefficient (Wildman–Crippen LogP) is 0.887. The average molecular weight is 207 g/mol. The van der Waals surface area contributed by atoms with E-state index in [1.807, 2.05) is 19.1 Å². The van der Waals surface area contributed by atoms with Crippen molar-refractivity contribution in [3.05, 3.63) is 24.0 Å². The highest BCUT2D eigenvalue weighted by Crippen LogP contribution is 2.27. The van der Waals surface area contributed by atoms with Crippen molar-refractivity contribution in [2.45, 2.75) is 25.6 Å². The van der Waals surface area contributed by atoms with Crippen LogP contribution in [0.3, 0.4) is 0 Å². The first-order valence-corrected chi connectivity index (χ1v) is 5.21. The molecule has 15 heavy (non-hydrogen) atoms. The second-order valence-electron chi connectivity index (χ2n) is 4.27. The molecule has 2 atom stereocenters. The Morgan fingerprint density at radius 1 is 1.60 bits per heavy atom. The van der Waals surface area contributed by atoms with Gasteiger partial charge in [0.15, 0.2) is 0 Å². The summed E-state index contributed by atoms with van der Waals surface area (Å²) in [5.74, 6) is 0. The minimum atomic E-state index is -0.342. The molecule has 4 nitrogen and oxygen atoms in total. The lowest BCUT2D eigenvalue weighted by atomic mass is 9.99. The van der Waals surface area contributed by atoms with Crippen LogP contribution in [0.2, 0.25) is 0 Å². The van der Waals surface area contributed by atoms with Crippen LogP contribution in [0.25, 0.3) is 0 Å². The van der Waals surface area contributed by atoms with Crippen molar-refractivity contribution >= 4 is 5.69 Å². The van der Waals surface area contributed by atoms with E-state index in [1.54, 1.807) is 6.20 Å². The third-order valence-electron chi connectivity index (χ3n) is 2.68. The summed E-state index contributed by atoms with van der Waals surface area (Å²) in [5, 5.41) is 3.34. The highest BCUT2D eigenvalue weighted by Gasteiger charge is 2.33. The van der Waals surface area contributed by atoms with Gasteiger partial charge in [0.25, 0.3) is 0 Å². The van der Waals surface area contributed by atoms with Gasteiger partial charge in [0.2, 0.25) is 0 Å². The van der Waals surface area contributed by atoms with Crippen molar-refractivity contribution in [2.75, 3.05) is 18.8 Å². The molecule has 0 aliphatic carbocycles. The van der Waals surface area contributed by atoms with E-state index in [-0.39, 0.29) is 11.7 Å². The number of nitrogens with one attached hydrogen (secondary N) is 1. The molecule has 1 aliphatic heterocycles. The van der Waals surface area contributed by atoms with Gasteiger partial charge < -0.3 is 15.8 Å². The number of nitrogen functional groups attached to an aromatic ring is 1. The van der Waals surface area contributed by atoms with Gasteiger partial charge in [-0.15, -0.1) is 0 Å². The van der Waals surface area contributed by atoms with Gasteiger partial charge in [-0.2, -0.15) is 0 Å². The molecule has 0 radical (unpaired) electrons. The van der Waals surface area contributed by atoms with Crippen LogP contribution in [0, 0.1) is 0 Å². The van der Waals surface area contributed by atoms with Crippen LogP contribution in [0.4, 0.5) is 5.69 Å². The Morgan fingerprint density at radius 2 is 2.40 bits per heavy atom. The number of rotatable bonds is 1. The van der Waals surface area contributed by atoms with Crippen LogP contribution in [-0.2, 0) is 10.3 Å². The van der Waals surface area contributed by atoms with Crippen molar-refractivity contribution in [2.24, 2.45) is 0 Å². The van der Waals surface area contributed by atoms with Crippen LogP contribution in [-0.4, -0.2) is 24.2 Å².